The molecule has 2 N–H and O–H groups in total. The average Bonchev–Trinajstić information content (AvgIpc) is 2.89. The van der Waals surface area contributed by atoms with E-state index in [0.717, 1.165) is 11.3 Å². The van der Waals surface area contributed by atoms with Gasteiger partial charge in [-0.2, -0.15) is 0 Å². The first-order valence-electron chi connectivity index (χ1n) is 11.5. The van der Waals surface area contributed by atoms with E-state index in [0.29, 0.717) is 27.7 Å². The number of carbonyl (C=O) groups is 2. The zero-order valence-electron chi connectivity index (χ0n) is 19.8. The number of para-hydroxylation sites is 1. The van der Waals surface area contributed by atoms with Crippen LogP contribution in [0, 0.1) is 6.92 Å². The fraction of sp³-hybridized carbons (Fsp3) is 0.103. The second kappa shape index (κ2) is 11.9. The third-order valence-electron chi connectivity index (χ3n) is 5.41. The van der Waals surface area contributed by atoms with Crippen LogP contribution < -0.4 is 20.3 Å². The summed E-state index contributed by atoms with van der Waals surface area (Å²) in [6, 6.07) is 30.8. The molecule has 4 aromatic rings. The molecule has 7 heteroatoms. The van der Waals surface area contributed by atoms with Crippen LogP contribution in [0.1, 0.15) is 15.9 Å². The van der Waals surface area contributed by atoms with Gasteiger partial charge in [0.05, 0.1) is 10.6 Å². The zero-order chi connectivity index (χ0) is 25.3. The number of halogens is 1. The van der Waals surface area contributed by atoms with Crippen molar-refractivity contribution >= 4 is 34.9 Å². The third kappa shape index (κ3) is 6.64. The molecular formula is C29H26ClN3O3. The standard InChI is InChI=1S/C29H26ClN3O3/c1-21-11-13-22(14-12-21)32-29(35)33(20-19-31-28(34)26-9-5-6-10-27(26)30)23-15-17-25(18-16-23)36-24-7-3-2-4-8-24/h2-18H,19-20H2,1H3,(H,31,34)(H,32,35). The van der Waals surface area contributed by atoms with Crippen molar-refractivity contribution in [2.75, 3.05) is 23.3 Å². The van der Waals surface area contributed by atoms with E-state index < -0.39 is 0 Å². The maximum absolute atomic E-state index is 13.2. The second-order valence-corrected chi connectivity index (χ2v) is 8.50. The molecule has 0 aliphatic rings. The minimum absolute atomic E-state index is 0.230. The first kappa shape index (κ1) is 24.8. The van der Waals surface area contributed by atoms with Gasteiger partial charge < -0.3 is 15.4 Å². The van der Waals surface area contributed by atoms with Gasteiger partial charge in [0.15, 0.2) is 0 Å². The van der Waals surface area contributed by atoms with E-state index >= 15 is 0 Å². The summed E-state index contributed by atoms with van der Waals surface area (Å²) in [6.07, 6.45) is 0. The molecule has 0 fully saturated rings. The van der Waals surface area contributed by atoms with Gasteiger partial charge in [-0.3, -0.25) is 9.69 Å². The number of anilines is 2. The summed E-state index contributed by atoms with van der Waals surface area (Å²) in [5, 5.41) is 6.14. The molecule has 0 saturated heterocycles. The SMILES string of the molecule is Cc1ccc(NC(=O)N(CCNC(=O)c2ccccc2Cl)c2ccc(Oc3ccccc3)cc2)cc1. The van der Waals surface area contributed by atoms with Crippen LogP contribution in [0.4, 0.5) is 16.2 Å². The molecule has 0 saturated carbocycles. The quantitative estimate of drug-likeness (QED) is 0.277. The number of ether oxygens (including phenoxy) is 1. The highest BCUT2D eigenvalue weighted by atomic mass is 35.5. The van der Waals surface area contributed by atoms with Gasteiger partial charge in [0.1, 0.15) is 11.5 Å². The first-order chi connectivity index (χ1) is 17.5. The molecule has 0 bridgehead atoms. The predicted octanol–water partition coefficient (Wildman–Crippen LogP) is 6.91. The van der Waals surface area contributed by atoms with Crippen molar-refractivity contribution < 1.29 is 14.3 Å². The first-order valence-corrected chi connectivity index (χ1v) is 11.9. The van der Waals surface area contributed by atoms with Gasteiger partial charge in [0.25, 0.3) is 5.91 Å². The Kier molecular flexibility index (Phi) is 8.21. The fourth-order valence-corrected chi connectivity index (χ4v) is 3.74. The number of nitrogens with zero attached hydrogens (tertiary/aromatic N) is 1. The van der Waals surface area contributed by atoms with Gasteiger partial charge >= 0.3 is 6.03 Å². The summed E-state index contributed by atoms with van der Waals surface area (Å²) in [5.74, 6) is 1.07. The van der Waals surface area contributed by atoms with Crippen molar-refractivity contribution in [3.63, 3.8) is 0 Å². The largest absolute Gasteiger partial charge is 0.457 e. The van der Waals surface area contributed by atoms with Crippen LogP contribution in [-0.4, -0.2) is 25.0 Å². The van der Waals surface area contributed by atoms with Gasteiger partial charge in [-0.15, -0.1) is 0 Å². The van der Waals surface area contributed by atoms with Crippen LogP contribution in [0.15, 0.2) is 103 Å². The number of rotatable bonds is 8. The van der Waals surface area contributed by atoms with Crippen molar-refractivity contribution in [2.45, 2.75) is 6.92 Å². The molecule has 0 spiro atoms. The number of amides is 3. The van der Waals surface area contributed by atoms with E-state index in [1.165, 1.54) is 0 Å². The summed E-state index contributed by atoms with van der Waals surface area (Å²) >= 11 is 6.13. The maximum atomic E-state index is 13.2. The highest BCUT2D eigenvalue weighted by Gasteiger charge is 2.17. The Morgan fingerprint density at radius 1 is 0.806 bits per heavy atom. The lowest BCUT2D eigenvalue weighted by atomic mass is 10.2. The highest BCUT2D eigenvalue weighted by molar-refractivity contribution is 6.33. The van der Waals surface area contributed by atoms with Crippen molar-refractivity contribution in [1.29, 1.82) is 0 Å². The molecule has 4 rings (SSSR count). The van der Waals surface area contributed by atoms with Gasteiger partial charge in [-0.05, 0) is 67.6 Å². The van der Waals surface area contributed by atoms with E-state index in [4.69, 9.17) is 16.3 Å². The lowest BCUT2D eigenvalue weighted by molar-refractivity contribution is 0.0954. The van der Waals surface area contributed by atoms with Crippen LogP contribution in [0.25, 0.3) is 0 Å². The molecular weight excluding hydrogens is 474 g/mol. The normalized spacial score (nSPS) is 10.4. The molecule has 3 amide bonds. The number of urea groups is 1. The molecule has 6 nitrogen and oxygen atoms in total. The molecule has 0 aromatic heterocycles. The Balaban J connectivity index is 1.47. The van der Waals surface area contributed by atoms with E-state index in [-0.39, 0.29) is 25.0 Å². The number of hydrogen-bond acceptors (Lipinski definition) is 3. The Morgan fingerprint density at radius 2 is 1.44 bits per heavy atom. The monoisotopic (exact) mass is 499 g/mol. The molecule has 0 unspecified atom stereocenters. The van der Waals surface area contributed by atoms with Gasteiger partial charge in [0, 0.05) is 24.5 Å². The number of hydrogen-bond donors (Lipinski definition) is 2. The highest BCUT2D eigenvalue weighted by Crippen LogP contribution is 2.25. The van der Waals surface area contributed by atoms with E-state index in [1.54, 1.807) is 41.3 Å². The topological polar surface area (TPSA) is 70.7 Å². The predicted molar refractivity (Wildman–Crippen MR) is 144 cm³/mol. The summed E-state index contributed by atoms with van der Waals surface area (Å²) in [7, 11) is 0. The Labute approximate surface area is 215 Å². The van der Waals surface area contributed by atoms with Crippen molar-refractivity contribution in [3.8, 4) is 11.5 Å². The smallest absolute Gasteiger partial charge is 0.326 e. The minimum atomic E-state index is -0.317. The second-order valence-electron chi connectivity index (χ2n) is 8.09. The number of aryl methyl sites for hydroxylation is 1. The fourth-order valence-electron chi connectivity index (χ4n) is 3.52. The summed E-state index contributed by atoms with van der Waals surface area (Å²) in [5.41, 5.74) is 2.82. The van der Waals surface area contributed by atoms with E-state index in [9.17, 15) is 9.59 Å². The molecule has 0 radical (unpaired) electrons. The lowest BCUT2D eigenvalue weighted by Gasteiger charge is -2.24. The lowest BCUT2D eigenvalue weighted by Crippen LogP contribution is -2.41. The van der Waals surface area contributed by atoms with E-state index in [1.807, 2.05) is 73.7 Å². The third-order valence-corrected chi connectivity index (χ3v) is 5.74. The van der Waals surface area contributed by atoms with Crippen molar-refractivity contribution in [3.05, 3.63) is 119 Å². The Bertz CT molecular complexity index is 1310. The molecule has 0 atom stereocenters. The van der Waals surface area contributed by atoms with Crippen LogP contribution in [0.2, 0.25) is 5.02 Å². The minimum Gasteiger partial charge on any atom is -0.457 e. The molecule has 4 aromatic carbocycles. The van der Waals surface area contributed by atoms with Crippen LogP contribution >= 0.6 is 11.6 Å². The van der Waals surface area contributed by atoms with Gasteiger partial charge in [0.2, 0.25) is 0 Å². The van der Waals surface area contributed by atoms with Crippen LogP contribution in [-0.2, 0) is 0 Å². The van der Waals surface area contributed by atoms with E-state index in [2.05, 4.69) is 10.6 Å². The molecule has 36 heavy (non-hydrogen) atoms. The number of carbonyl (C=O) groups excluding carboxylic acids is 2. The van der Waals surface area contributed by atoms with Crippen molar-refractivity contribution in [1.82, 2.24) is 5.32 Å². The Morgan fingerprint density at radius 3 is 2.14 bits per heavy atom. The average molecular weight is 500 g/mol. The number of nitrogens with one attached hydrogen (secondary N) is 2. The maximum Gasteiger partial charge on any atom is 0.326 e. The summed E-state index contributed by atoms with van der Waals surface area (Å²) in [4.78, 5) is 27.4. The molecule has 0 aliphatic heterocycles. The molecule has 182 valence electrons. The van der Waals surface area contributed by atoms with Gasteiger partial charge in [-0.1, -0.05) is 59.6 Å². The number of benzene rings is 4. The summed E-state index contributed by atoms with van der Waals surface area (Å²) < 4.78 is 5.86. The van der Waals surface area contributed by atoms with Gasteiger partial charge in [-0.25, -0.2) is 4.79 Å². The Hall–Kier alpha value is -4.29. The van der Waals surface area contributed by atoms with Crippen molar-refractivity contribution in [2.24, 2.45) is 0 Å². The molecule has 0 heterocycles. The van der Waals surface area contributed by atoms with Crippen LogP contribution in [0.3, 0.4) is 0 Å². The summed E-state index contributed by atoms with van der Waals surface area (Å²) in [6.45, 7) is 2.46. The van der Waals surface area contributed by atoms with Crippen LogP contribution in [0.5, 0.6) is 11.5 Å². The zero-order valence-corrected chi connectivity index (χ0v) is 20.5. The molecule has 0 aliphatic carbocycles.